The molecule has 1 N–H and O–H groups in total. The van der Waals surface area contributed by atoms with E-state index in [0.717, 1.165) is 25.9 Å². The number of aliphatic hydroxyl groups is 1. The van der Waals surface area contributed by atoms with Crippen LogP contribution >= 0.6 is 0 Å². The van der Waals surface area contributed by atoms with Crippen molar-refractivity contribution in [1.29, 1.82) is 0 Å². The average Bonchev–Trinajstić information content (AvgIpc) is 2.30. The van der Waals surface area contributed by atoms with Crippen LogP contribution in [-0.4, -0.2) is 26.6 Å². The SMILES string of the molecule is CC[C@H](C)/C=C(\CCCO)CO[Si](C)(C)C(C)(C)C. The maximum atomic E-state index is 9.00. The zero-order valence-electron chi connectivity index (χ0n) is 14.0. The molecule has 114 valence electrons. The van der Waals surface area contributed by atoms with Crippen molar-refractivity contribution in [3.63, 3.8) is 0 Å². The normalized spacial score (nSPS) is 15.7. The Hall–Kier alpha value is -0.123. The van der Waals surface area contributed by atoms with E-state index in [2.05, 4.69) is 53.8 Å². The lowest BCUT2D eigenvalue weighted by atomic mass is 10.0. The Balaban J connectivity index is 4.62. The standard InChI is InChI=1S/C16H34O2Si/c1-8-14(2)12-15(10-9-11-17)13-18-19(6,7)16(3,4)5/h12,14,17H,8-11,13H2,1-7H3/b15-12+/t14-/m0/s1. The molecule has 1 atom stereocenters. The van der Waals surface area contributed by atoms with Gasteiger partial charge in [-0.25, -0.2) is 0 Å². The number of aliphatic hydroxyl groups excluding tert-OH is 1. The molecule has 19 heavy (non-hydrogen) atoms. The molecule has 0 aromatic carbocycles. The van der Waals surface area contributed by atoms with Gasteiger partial charge in [-0.2, -0.15) is 0 Å². The molecule has 0 aliphatic rings. The highest BCUT2D eigenvalue weighted by Crippen LogP contribution is 2.36. The van der Waals surface area contributed by atoms with Gasteiger partial charge in [0.15, 0.2) is 8.32 Å². The quantitative estimate of drug-likeness (QED) is 0.515. The van der Waals surface area contributed by atoms with Crippen LogP contribution in [0.2, 0.25) is 18.1 Å². The van der Waals surface area contributed by atoms with Crippen LogP contribution in [0, 0.1) is 5.92 Å². The summed E-state index contributed by atoms with van der Waals surface area (Å²) in [7, 11) is -1.67. The highest BCUT2D eigenvalue weighted by Gasteiger charge is 2.37. The first-order chi connectivity index (χ1) is 8.64. The topological polar surface area (TPSA) is 29.5 Å². The van der Waals surface area contributed by atoms with E-state index in [4.69, 9.17) is 9.53 Å². The second kappa shape index (κ2) is 8.23. The molecule has 0 aliphatic heterocycles. The van der Waals surface area contributed by atoms with E-state index in [-0.39, 0.29) is 11.6 Å². The smallest absolute Gasteiger partial charge is 0.192 e. The minimum Gasteiger partial charge on any atom is -0.413 e. The summed E-state index contributed by atoms with van der Waals surface area (Å²) in [5, 5.41) is 9.26. The van der Waals surface area contributed by atoms with E-state index >= 15 is 0 Å². The Morgan fingerprint density at radius 2 is 1.89 bits per heavy atom. The van der Waals surface area contributed by atoms with Crippen molar-refractivity contribution < 1.29 is 9.53 Å². The molecule has 0 spiro atoms. The van der Waals surface area contributed by atoms with Gasteiger partial charge in [0, 0.05) is 6.61 Å². The molecule has 0 saturated carbocycles. The molecule has 0 saturated heterocycles. The Morgan fingerprint density at radius 3 is 2.32 bits per heavy atom. The number of hydrogen-bond acceptors (Lipinski definition) is 2. The van der Waals surface area contributed by atoms with Gasteiger partial charge in [0.1, 0.15) is 0 Å². The molecule has 0 unspecified atom stereocenters. The first-order valence-electron chi connectivity index (χ1n) is 7.58. The van der Waals surface area contributed by atoms with Gasteiger partial charge in [0.05, 0.1) is 6.61 Å². The molecule has 0 aromatic heterocycles. The number of hydrogen-bond donors (Lipinski definition) is 1. The van der Waals surface area contributed by atoms with Crippen molar-refractivity contribution in [1.82, 2.24) is 0 Å². The number of allylic oxidation sites excluding steroid dienone is 1. The highest BCUT2D eigenvalue weighted by molar-refractivity contribution is 6.74. The van der Waals surface area contributed by atoms with Gasteiger partial charge in [-0.05, 0) is 42.5 Å². The average molecular weight is 287 g/mol. The van der Waals surface area contributed by atoms with E-state index < -0.39 is 8.32 Å². The van der Waals surface area contributed by atoms with Crippen LogP contribution in [0.5, 0.6) is 0 Å². The van der Waals surface area contributed by atoms with Gasteiger partial charge in [0.2, 0.25) is 0 Å². The minimum absolute atomic E-state index is 0.255. The monoisotopic (exact) mass is 286 g/mol. The Kier molecular flexibility index (Phi) is 8.17. The van der Waals surface area contributed by atoms with Crippen molar-refractivity contribution in [3.05, 3.63) is 11.6 Å². The Bertz CT molecular complexity index is 277. The van der Waals surface area contributed by atoms with Gasteiger partial charge < -0.3 is 9.53 Å². The summed E-state index contributed by atoms with van der Waals surface area (Å²) in [6.07, 6.45) is 5.28. The van der Waals surface area contributed by atoms with E-state index in [9.17, 15) is 0 Å². The van der Waals surface area contributed by atoms with Crippen LogP contribution in [0.3, 0.4) is 0 Å². The van der Waals surface area contributed by atoms with Gasteiger partial charge in [-0.3, -0.25) is 0 Å². The number of rotatable bonds is 8. The molecule has 0 bridgehead atoms. The van der Waals surface area contributed by atoms with Crippen LogP contribution in [0.25, 0.3) is 0 Å². The van der Waals surface area contributed by atoms with Crippen LogP contribution in [0.1, 0.15) is 53.9 Å². The molecule has 3 heteroatoms. The summed E-state index contributed by atoms with van der Waals surface area (Å²) in [5.74, 6) is 0.594. The van der Waals surface area contributed by atoms with Gasteiger partial charge in [-0.1, -0.05) is 47.1 Å². The van der Waals surface area contributed by atoms with E-state index in [1.165, 1.54) is 5.57 Å². The van der Waals surface area contributed by atoms with Gasteiger partial charge >= 0.3 is 0 Å². The zero-order chi connectivity index (χ0) is 15.1. The molecule has 0 amide bonds. The van der Waals surface area contributed by atoms with E-state index in [0.29, 0.717) is 5.92 Å². The summed E-state index contributed by atoms with van der Waals surface area (Å²) < 4.78 is 6.29. The predicted octanol–water partition coefficient (Wildman–Crippen LogP) is 4.75. The van der Waals surface area contributed by atoms with Crippen molar-refractivity contribution in [2.24, 2.45) is 5.92 Å². The lowest BCUT2D eigenvalue weighted by molar-refractivity contribution is 0.279. The summed E-state index contributed by atoms with van der Waals surface area (Å²) >= 11 is 0. The van der Waals surface area contributed by atoms with Gasteiger partial charge in [-0.15, -0.1) is 0 Å². The zero-order valence-corrected chi connectivity index (χ0v) is 15.0. The van der Waals surface area contributed by atoms with Crippen LogP contribution in [0.4, 0.5) is 0 Å². The van der Waals surface area contributed by atoms with Crippen LogP contribution in [-0.2, 0) is 4.43 Å². The predicted molar refractivity (Wildman–Crippen MR) is 87.0 cm³/mol. The largest absolute Gasteiger partial charge is 0.413 e. The summed E-state index contributed by atoms with van der Waals surface area (Å²) in [6, 6.07) is 0. The second-order valence-corrected chi connectivity index (χ2v) is 11.9. The maximum absolute atomic E-state index is 9.00. The van der Waals surface area contributed by atoms with Crippen molar-refractivity contribution >= 4 is 8.32 Å². The summed E-state index contributed by atoms with van der Waals surface area (Å²) in [4.78, 5) is 0. The molecular formula is C16H34O2Si. The van der Waals surface area contributed by atoms with Gasteiger partial charge in [0.25, 0.3) is 0 Å². The first-order valence-corrected chi connectivity index (χ1v) is 10.5. The molecule has 0 radical (unpaired) electrons. The lowest BCUT2D eigenvalue weighted by Gasteiger charge is -2.36. The second-order valence-electron chi connectivity index (χ2n) is 7.09. The first kappa shape index (κ1) is 18.9. The Morgan fingerprint density at radius 1 is 1.32 bits per heavy atom. The van der Waals surface area contributed by atoms with E-state index in [1.807, 2.05) is 0 Å². The fourth-order valence-electron chi connectivity index (χ4n) is 1.52. The highest BCUT2D eigenvalue weighted by atomic mass is 28.4. The molecule has 0 aliphatic carbocycles. The fourth-order valence-corrected chi connectivity index (χ4v) is 2.50. The third-order valence-electron chi connectivity index (χ3n) is 4.24. The lowest BCUT2D eigenvalue weighted by Crippen LogP contribution is -2.41. The van der Waals surface area contributed by atoms with Crippen molar-refractivity contribution in [3.8, 4) is 0 Å². The molecule has 0 rings (SSSR count). The van der Waals surface area contributed by atoms with Crippen LogP contribution < -0.4 is 0 Å². The molecule has 0 aromatic rings. The minimum atomic E-state index is -1.67. The molecule has 0 heterocycles. The van der Waals surface area contributed by atoms with Crippen LogP contribution in [0.15, 0.2) is 11.6 Å². The van der Waals surface area contributed by atoms with E-state index in [1.54, 1.807) is 0 Å². The summed E-state index contributed by atoms with van der Waals surface area (Å²) in [6.45, 7) is 16.8. The molecule has 0 fully saturated rings. The third-order valence-corrected chi connectivity index (χ3v) is 8.72. The Labute approximate surface area is 121 Å². The van der Waals surface area contributed by atoms with Crippen molar-refractivity contribution in [2.75, 3.05) is 13.2 Å². The maximum Gasteiger partial charge on any atom is 0.192 e. The van der Waals surface area contributed by atoms with Crippen molar-refractivity contribution in [2.45, 2.75) is 72.0 Å². The third kappa shape index (κ3) is 7.28. The summed E-state index contributed by atoms with van der Waals surface area (Å²) in [5.41, 5.74) is 1.35. The molecular weight excluding hydrogens is 252 g/mol. The molecule has 2 nitrogen and oxygen atoms in total. The fraction of sp³-hybridized carbons (Fsp3) is 0.875.